The molecule has 6 rings (SSSR count). The molecule has 6 atom stereocenters. The SMILES string of the molecule is C#C[C@]1(O)CC[C@H]2[C@@H]3CCc4cc(O)ccc4[C@H]3CC[C@@]21C.C=CCCCC.CCC1(c2ccc(N)cc2)CCC(=O)NC1=O. The van der Waals surface area contributed by atoms with Gasteiger partial charge in [-0.2, -0.15) is 0 Å². The van der Waals surface area contributed by atoms with Crippen molar-refractivity contribution in [2.24, 2.45) is 17.3 Å². The molecule has 1 heterocycles. The van der Waals surface area contributed by atoms with Gasteiger partial charge < -0.3 is 15.9 Å². The average molecular weight is 613 g/mol. The van der Waals surface area contributed by atoms with E-state index in [-0.39, 0.29) is 17.2 Å². The first-order valence-corrected chi connectivity index (χ1v) is 16.8. The Hall–Kier alpha value is -3.56. The number of benzene rings is 2. The Balaban J connectivity index is 0.000000178. The predicted octanol–water partition coefficient (Wildman–Crippen LogP) is 7.33. The molecule has 5 N–H and O–H groups in total. The highest BCUT2D eigenvalue weighted by molar-refractivity contribution is 6.03. The van der Waals surface area contributed by atoms with Gasteiger partial charge in [-0.25, -0.2) is 0 Å². The highest BCUT2D eigenvalue weighted by atomic mass is 16.3. The third-order valence-corrected chi connectivity index (χ3v) is 11.4. The number of rotatable bonds is 5. The molecule has 6 nitrogen and oxygen atoms in total. The number of nitrogens with two attached hydrogens (primary N) is 1. The molecule has 2 aromatic rings. The Bertz CT molecular complexity index is 1410. The molecular formula is C39H52N2O4. The second-order valence-corrected chi connectivity index (χ2v) is 13.7. The number of terminal acetylenes is 1. The number of nitrogens with one attached hydrogen (secondary N) is 1. The summed E-state index contributed by atoms with van der Waals surface area (Å²) in [6.45, 7) is 9.96. The van der Waals surface area contributed by atoms with Crippen LogP contribution in [-0.2, 0) is 21.4 Å². The van der Waals surface area contributed by atoms with E-state index in [4.69, 9.17) is 12.2 Å². The number of aliphatic hydroxyl groups is 1. The molecule has 0 aromatic heterocycles. The summed E-state index contributed by atoms with van der Waals surface area (Å²) >= 11 is 0. The number of aromatic hydroxyl groups is 1. The first-order chi connectivity index (χ1) is 21.5. The first-order valence-electron chi connectivity index (χ1n) is 16.8. The van der Waals surface area contributed by atoms with Crippen LogP contribution in [0.15, 0.2) is 55.1 Å². The van der Waals surface area contributed by atoms with Crippen molar-refractivity contribution in [1.82, 2.24) is 5.32 Å². The van der Waals surface area contributed by atoms with Gasteiger partial charge in [-0.15, -0.1) is 13.0 Å². The van der Waals surface area contributed by atoms with E-state index in [0.29, 0.717) is 48.5 Å². The molecule has 2 saturated carbocycles. The molecule has 2 aromatic carbocycles. The highest BCUT2D eigenvalue weighted by Gasteiger charge is 2.61. The maximum Gasteiger partial charge on any atom is 0.237 e. The van der Waals surface area contributed by atoms with E-state index in [0.717, 1.165) is 44.1 Å². The molecule has 3 aliphatic carbocycles. The molecule has 0 spiro atoms. The summed E-state index contributed by atoms with van der Waals surface area (Å²) in [5.74, 6) is 4.44. The lowest BCUT2D eigenvalue weighted by atomic mass is 9.53. The number of imide groups is 1. The number of hydrogen-bond donors (Lipinski definition) is 4. The van der Waals surface area contributed by atoms with Crippen LogP contribution in [0, 0.1) is 29.6 Å². The van der Waals surface area contributed by atoms with E-state index in [1.54, 1.807) is 12.1 Å². The van der Waals surface area contributed by atoms with Gasteiger partial charge in [0, 0.05) is 17.5 Å². The largest absolute Gasteiger partial charge is 0.508 e. The van der Waals surface area contributed by atoms with Crippen molar-refractivity contribution in [3.63, 3.8) is 0 Å². The number of aryl methyl sites for hydroxylation is 1. The number of nitrogen functional groups attached to an aromatic ring is 1. The Kier molecular flexibility index (Phi) is 10.9. The van der Waals surface area contributed by atoms with Gasteiger partial charge in [0.2, 0.25) is 11.8 Å². The summed E-state index contributed by atoms with van der Waals surface area (Å²) in [6.07, 6.45) is 19.1. The Morgan fingerprint density at radius 2 is 1.80 bits per heavy atom. The maximum atomic E-state index is 12.1. The van der Waals surface area contributed by atoms with Gasteiger partial charge in [0.1, 0.15) is 11.4 Å². The molecule has 2 amide bonds. The molecule has 0 bridgehead atoms. The van der Waals surface area contributed by atoms with E-state index in [9.17, 15) is 19.8 Å². The predicted molar refractivity (Wildman–Crippen MR) is 181 cm³/mol. The van der Waals surface area contributed by atoms with Crippen LogP contribution in [0.3, 0.4) is 0 Å². The lowest BCUT2D eigenvalue weighted by Gasteiger charge is -2.52. The van der Waals surface area contributed by atoms with Crippen LogP contribution in [0.1, 0.15) is 114 Å². The smallest absolute Gasteiger partial charge is 0.237 e. The number of allylic oxidation sites excluding steroid dienone is 1. The second kappa shape index (κ2) is 14.3. The third kappa shape index (κ3) is 6.70. The van der Waals surface area contributed by atoms with Gasteiger partial charge in [-0.1, -0.05) is 63.8 Å². The van der Waals surface area contributed by atoms with Crippen molar-refractivity contribution in [2.45, 2.75) is 115 Å². The van der Waals surface area contributed by atoms with Crippen LogP contribution in [-0.4, -0.2) is 27.6 Å². The van der Waals surface area contributed by atoms with Crippen LogP contribution < -0.4 is 11.1 Å². The number of anilines is 1. The van der Waals surface area contributed by atoms with E-state index >= 15 is 0 Å². The minimum absolute atomic E-state index is 0.128. The quantitative estimate of drug-likeness (QED) is 0.0929. The molecule has 45 heavy (non-hydrogen) atoms. The van der Waals surface area contributed by atoms with Gasteiger partial charge in [0.05, 0.1) is 5.41 Å². The van der Waals surface area contributed by atoms with Gasteiger partial charge in [0.15, 0.2) is 0 Å². The van der Waals surface area contributed by atoms with Crippen LogP contribution in [0.25, 0.3) is 0 Å². The van der Waals surface area contributed by atoms with Crippen molar-refractivity contribution in [1.29, 1.82) is 0 Å². The zero-order chi connectivity index (χ0) is 32.8. The Labute approximate surface area is 269 Å². The van der Waals surface area contributed by atoms with Gasteiger partial charge in [-0.05, 0) is 116 Å². The molecule has 1 unspecified atom stereocenters. The summed E-state index contributed by atoms with van der Waals surface area (Å²) in [4.78, 5) is 23.3. The van der Waals surface area contributed by atoms with Gasteiger partial charge >= 0.3 is 0 Å². The Morgan fingerprint density at radius 3 is 2.40 bits per heavy atom. The molecule has 242 valence electrons. The summed E-state index contributed by atoms with van der Waals surface area (Å²) < 4.78 is 0. The van der Waals surface area contributed by atoms with Crippen molar-refractivity contribution in [3.05, 3.63) is 71.8 Å². The minimum Gasteiger partial charge on any atom is -0.508 e. The third-order valence-electron chi connectivity index (χ3n) is 11.4. The lowest BCUT2D eigenvalue weighted by Crippen LogP contribution is -2.51. The number of unbranched alkanes of at least 4 members (excludes halogenated alkanes) is 2. The van der Waals surface area contributed by atoms with Crippen molar-refractivity contribution >= 4 is 17.5 Å². The fourth-order valence-electron chi connectivity index (χ4n) is 8.54. The molecule has 1 saturated heterocycles. The number of piperidine rings is 1. The van der Waals surface area contributed by atoms with E-state index in [1.807, 2.05) is 37.3 Å². The van der Waals surface area contributed by atoms with Crippen LogP contribution in [0.2, 0.25) is 0 Å². The standard InChI is InChI=1S/C20H24O2.C13H16N2O2.C6H12/c1-3-20(22)11-9-18-17-6-4-13-12-14(21)5-7-15(13)16(17)8-10-19(18,20)2;1-2-13(8-7-11(16)15-12(13)17)9-3-5-10(14)6-4-9;1-3-5-6-4-2/h1,5,7,12,16-18,21-22H,4,6,8-11H2,2H3;3-6H,2,7-8,14H2,1H3,(H,15,16,17);3H,1,4-6H2,2H3/t16-,17-,18+,19+,20+;;/m1../s1. The highest BCUT2D eigenvalue weighted by Crippen LogP contribution is 2.64. The number of amides is 2. The topological polar surface area (TPSA) is 113 Å². The number of fused-ring (bicyclic) bond motifs is 5. The fraction of sp³-hybridized carbons (Fsp3) is 0.538. The van der Waals surface area contributed by atoms with Crippen LogP contribution >= 0.6 is 0 Å². The van der Waals surface area contributed by atoms with Crippen molar-refractivity contribution in [3.8, 4) is 18.1 Å². The summed E-state index contributed by atoms with van der Waals surface area (Å²) in [5.41, 5.74) is 8.36. The molecule has 0 radical (unpaired) electrons. The van der Waals surface area contributed by atoms with Crippen LogP contribution in [0.5, 0.6) is 5.75 Å². The monoisotopic (exact) mass is 612 g/mol. The average Bonchev–Trinajstić information content (AvgIpc) is 3.32. The van der Waals surface area contributed by atoms with Crippen LogP contribution in [0.4, 0.5) is 5.69 Å². The fourth-order valence-corrected chi connectivity index (χ4v) is 8.54. The molecule has 1 aliphatic heterocycles. The van der Waals surface area contributed by atoms with Crippen molar-refractivity contribution < 1.29 is 19.8 Å². The normalized spacial score (nSPS) is 31.3. The lowest BCUT2D eigenvalue weighted by molar-refractivity contribution is -0.138. The zero-order valence-corrected chi connectivity index (χ0v) is 27.4. The number of carbonyl (C=O) groups is 2. The van der Waals surface area contributed by atoms with Gasteiger partial charge in [0.25, 0.3) is 0 Å². The zero-order valence-electron chi connectivity index (χ0n) is 27.4. The van der Waals surface area contributed by atoms with Crippen molar-refractivity contribution in [2.75, 3.05) is 5.73 Å². The number of carbonyl (C=O) groups excluding carboxylic acids is 2. The molecule has 4 aliphatic rings. The summed E-state index contributed by atoms with van der Waals surface area (Å²) in [5, 5.41) is 23.1. The number of phenolic OH excluding ortho intramolecular Hbond substituents is 1. The number of hydrogen-bond acceptors (Lipinski definition) is 5. The maximum absolute atomic E-state index is 12.1. The van der Waals surface area contributed by atoms with Gasteiger partial charge in [-0.3, -0.25) is 14.9 Å². The molecular weight excluding hydrogens is 560 g/mol. The molecule has 3 fully saturated rings. The summed E-state index contributed by atoms with van der Waals surface area (Å²) in [7, 11) is 0. The minimum atomic E-state index is -0.919. The first kappa shape index (κ1) is 34.3. The second-order valence-electron chi connectivity index (χ2n) is 13.7. The Morgan fingerprint density at radius 1 is 1.07 bits per heavy atom. The number of phenols is 1. The summed E-state index contributed by atoms with van der Waals surface area (Å²) in [6, 6.07) is 13.2. The molecule has 6 heteroatoms. The van der Waals surface area contributed by atoms with E-state index in [2.05, 4.69) is 37.7 Å². The van der Waals surface area contributed by atoms with E-state index in [1.165, 1.54) is 30.4 Å². The van der Waals surface area contributed by atoms with E-state index < -0.39 is 11.0 Å².